The Morgan fingerprint density at radius 2 is 2.21 bits per heavy atom. The van der Waals surface area contributed by atoms with Crippen LogP contribution in [0.15, 0.2) is 6.07 Å². The van der Waals surface area contributed by atoms with Crippen LogP contribution in [0, 0.1) is 5.92 Å². The molecule has 19 heavy (non-hydrogen) atoms. The smallest absolute Gasteiger partial charge is 0.223 e. The highest BCUT2D eigenvalue weighted by molar-refractivity contribution is 6.29. The van der Waals surface area contributed by atoms with Gasteiger partial charge in [-0.25, -0.2) is 4.98 Å². The molecule has 0 aromatic carbocycles. The van der Waals surface area contributed by atoms with Crippen molar-refractivity contribution in [3.8, 4) is 0 Å². The summed E-state index contributed by atoms with van der Waals surface area (Å²) < 4.78 is 0. The molecule has 1 aliphatic heterocycles. The fourth-order valence-corrected chi connectivity index (χ4v) is 2.43. The van der Waals surface area contributed by atoms with Crippen LogP contribution in [0.25, 0.3) is 0 Å². The summed E-state index contributed by atoms with van der Waals surface area (Å²) in [5.41, 5.74) is 5.79. The second-order valence-corrected chi connectivity index (χ2v) is 6.53. The zero-order valence-electron chi connectivity index (χ0n) is 11.8. The minimum Gasteiger partial charge on any atom is -0.368 e. The fraction of sp³-hybridized carbons (Fsp3) is 0.692. The zero-order valence-corrected chi connectivity index (χ0v) is 12.5. The number of nitrogen functional groups attached to an aromatic ring is 1. The van der Waals surface area contributed by atoms with Crippen LogP contribution in [0.2, 0.25) is 5.15 Å². The standard InChI is InChI=1S/C13H22ClN5/c1-13(2,3)16-7-9-4-5-19(8-9)11-6-10(14)17-12(15)18-11/h6,9,16H,4-5,7-8H2,1-3H3,(H2,15,17,18)/t9-/m1/s1. The van der Waals surface area contributed by atoms with E-state index in [1.165, 1.54) is 0 Å². The summed E-state index contributed by atoms with van der Waals surface area (Å²) in [6, 6.07) is 1.78. The molecule has 2 rings (SSSR count). The van der Waals surface area contributed by atoms with Gasteiger partial charge in [0.2, 0.25) is 5.95 Å². The maximum absolute atomic E-state index is 5.92. The molecule has 1 atom stereocenters. The van der Waals surface area contributed by atoms with Gasteiger partial charge >= 0.3 is 0 Å². The quantitative estimate of drug-likeness (QED) is 0.830. The second-order valence-electron chi connectivity index (χ2n) is 6.14. The molecule has 0 spiro atoms. The Morgan fingerprint density at radius 3 is 2.84 bits per heavy atom. The molecule has 1 aromatic rings. The van der Waals surface area contributed by atoms with Gasteiger partial charge in [-0.05, 0) is 33.1 Å². The molecule has 1 fully saturated rings. The Labute approximate surface area is 119 Å². The van der Waals surface area contributed by atoms with Gasteiger partial charge in [0.1, 0.15) is 11.0 Å². The number of aromatic nitrogens is 2. The van der Waals surface area contributed by atoms with E-state index in [1.54, 1.807) is 6.07 Å². The van der Waals surface area contributed by atoms with Gasteiger partial charge in [-0.2, -0.15) is 4.98 Å². The van der Waals surface area contributed by atoms with E-state index in [4.69, 9.17) is 17.3 Å². The molecule has 0 radical (unpaired) electrons. The Morgan fingerprint density at radius 1 is 1.47 bits per heavy atom. The van der Waals surface area contributed by atoms with Gasteiger partial charge < -0.3 is 16.0 Å². The van der Waals surface area contributed by atoms with Crippen molar-refractivity contribution in [3.63, 3.8) is 0 Å². The summed E-state index contributed by atoms with van der Waals surface area (Å²) in [5, 5.41) is 3.95. The van der Waals surface area contributed by atoms with Crippen molar-refractivity contribution in [2.75, 3.05) is 30.3 Å². The van der Waals surface area contributed by atoms with Gasteiger partial charge in [0.15, 0.2) is 0 Å². The number of nitrogens with one attached hydrogen (secondary N) is 1. The highest BCUT2D eigenvalue weighted by Crippen LogP contribution is 2.24. The summed E-state index contributed by atoms with van der Waals surface area (Å²) in [5.74, 6) is 1.70. The van der Waals surface area contributed by atoms with Crippen LogP contribution in [-0.4, -0.2) is 35.1 Å². The molecule has 1 aliphatic rings. The lowest BCUT2D eigenvalue weighted by Crippen LogP contribution is -2.39. The average molecular weight is 284 g/mol. The molecule has 0 aliphatic carbocycles. The summed E-state index contributed by atoms with van der Waals surface area (Å²) in [4.78, 5) is 10.4. The minimum atomic E-state index is 0.163. The van der Waals surface area contributed by atoms with Crippen molar-refractivity contribution in [1.29, 1.82) is 0 Å². The maximum atomic E-state index is 5.92. The van der Waals surface area contributed by atoms with Gasteiger partial charge in [0.05, 0.1) is 0 Å². The molecule has 106 valence electrons. The van der Waals surface area contributed by atoms with Crippen molar-refractivity contribution >= 4 is 23.4 Å². The first-order valence-corrected chi connectivity index (χ1v) is 7.01. The number of rotatable bonds is 3. The molecule has 0 bridgehead atoms. The number of hydrogen-bond donors (Lipinski definition) is 2. The first kappa shape index (κ1) is 14.3. The molecule has 1 aromatic heterocycles. The van der Waals surface area contributed by atoms with Gasteiger partial charge in [0.25, 0.3) is 0 Å². The van der Waals surface area contributed by atoms with Crippen LogP contribution in [0.1, 0.15) is 27.2 Å². The molecule has 2 heterocycles. The minimum absolute atomic E-state index is 0.163. The van der Waals surface area contributed by atoms with Gasteiger partial charge in [-0.3, -0.25) is 0 Å². The normalized spacial score (nSPS) is 20.0. The lowest BCUT2D eigenvalue weighted by atomic mass is 10.1. The number of nitrogens with zero attached hydrogens (tertiary/aromatic N) is 3. The molecule has 6 heteroatoms. The summed E-state index contributed by atoms with van der Waals surface area (Å²) in [7, 11) is 0. The SMILES string of the molecule is CC(C)(C)NC[C@H]1CCN(c2cc(Cl)nc(N)n2)C1. The highest BCUT2D eigenvalue weighted by atomic mass is 35.5. The van der Waals surface area contributed by atoms with Crippen molar-refractivity contribution in [3.05, 3.63) is 11.2 Å². The van der Waals surface area contributed by atoms with E-state index in [-0.39, 0.29) is 11.5 Å². The van der Waals surface area contributed by atoms with Crippen LogP contribution >= 0.6 is 11.6 Å². The Balaban J connectivity index is 1.94. The predicted molar refractivity (Wildman–Crippen MR) is 79.5 cm³/mol. The molecular weight excluding hydrogens is 262 g/mol. The van der Waals surface area contributed by atoms with E-state index in [0.717, 1.165) is 31.9 Å². The molecular formula is C13H22ClN5. The topological polar surface area (TPSA) is 67.1 Å². The Hall–Kier alpha value is -1.07. The second kappa shape index (κ2) is 5.51. The van der Waals surface area contributed by atoms with E-state index in [1.807, 2.05) is 0 Å². The zero-order chi connectivity index (χ0) is 14.0. The van der Waals surface area contributed by atoms with Crippen LogP contribution in [0.5, 0.6) is 0 Å². The predicted octanol–water partition coefficient (Wildman–Crippen LogP) is 1.93. The Kier molecular flexibility index (Phi) is 4.16. The van der Waals surface area contributed by atoms with E-state index in [9.17, 15) is 0 Å². The van der Waals surface area contributed by atoms with E-state index in [2.05, 4.69) is 41.0 Å². The molecule has 1 saturated heterocycles. The van der Waals surface area contributed by atoms with Crippen LogP contribution in [0.4, 0.5) is 11.8 Å². The monoisotopic (exact) mass is 283 g/mol. The first-order chi connectivity index (χ1) is 8.83. The van der Waals surface area contributed by atoms with Crippen molar-refractivity contribution < 1.29 is 0 Å². The number of nitrogens with two attached hydrogens (primary N) is 1. The molecule has 0 saturated carbocycles. The lowest BCUT2D eigenvalue weighted by Gasteiger charge is -2.23. The highest BCUT2D eigenvalue weighted by Gasteiger charge is 2.25. The number of anilines is 2. The van der Waals surface area contributed by atoms with Gasteiger partial charge in [-0.15, -0.1) is 0 Å². The molecule has 0 unspecified atom stereocenters. The third kappa shape index (κ3) is 4.21. The van der Waals surface area contributed by atoms with Crippen molar-refractivity contribution in [2.45, 2.75) is 32.7 Å². The third-order valence-electron chi connectivity index (χ3n) is 3.23. The van der Waals surface area contributed by atoms with Crippen molar-refractivity contribution in [2.24, 2.45) is 5.92 Å². The summed E-state index contributed by atoms with van der Waals surface area (Å²) >= 11 is 5.92. The van der Waals surface area contributed by atoms with E-state index < -0.39 is 0 Å². The van der Waals surface area contributed by atoms with Gasteiger partial charge in [0, 0.05) is 31.2 Å². The lowest BCUT2D eigenvalue weighted by molar-refractivity contribution is 0.383. The van der Waals surface area contributed by atoms with Crippen molar-refractivity contribution in [1.82, 2.24) is 15.3 Å². The number of hydrogen-bond acceptors (Lipinski definition) is 5. The first-order valence-electron chi connectivity index (χ1n) is 6.63. The fourth-order valence-electron chi connectivity index (χ4n) is 2.24. The van der Waals surface area contributed by atoms with Gasteiger partial charge in [-0.1, -0.05) is 11.6 Å². The molecule has 3 N–H and O–H groups in total. The average Bonchev–Trinajstić information content (AvgIpc) is 2.72. The largest absolute Gasteiger partial charge is 0.368 e. The number of halogens is 1. The van der Waals surface area contributed by atoms with Crippen LogP contribution in [0.3, 0.4) is 0 Å². The molecule has 5 nitrogen and oxygen atoms in total. The van der Waals surface area contributed by atoms with E-state index in [0.29, 0.717) is 11.1 Å². The van der Waals surface area contributed by atoms with E-state index >= 15 is 0 Å². The summed E-state index contributed by atoms with van der Waals surface area (Å²) in [6.07, 6.45) is 1.16. The third-order valence-corrected chi connectivity index (χ3v) is 3.42. The molecule has 0 amide bonds. The maximum Gasteiger partial charge on any atom is 0.223 e. The van der Waals surface area contributed by atoms with Crippen LogP contribution in [-0.2, 0) is 0 Å². The summed E-state index contributed by atoms with van der Waals surface area (Å²) in [6.45, 7) is 9.55. The Bertz CT molecular complexity index is 423. The van der Waals surface area contributed by atoms with Crippen LogP contribution < -0.4 is 16.0 Å².